The Balaban J connectivity index is 1.96. The highest BCUT2D eigenvalue weighted by Gasteiger charge is 2.28. The second-order valence-corrected chi connectivity index (χ2v) is 10.1. The predicted octanol–water partition coefficient (Wildman–Crippen LogP) is 5.05. The molecule has 0 amide bonds. The smallest absolute Gasteiger partial charge is 0.267 e. The monoisotopic (exact) mass is 400 g/mol. The van der Waals surface area contributed by atoms with Gasteiger partial charge in [0.15, 0.2) is 5.16 Å². The van der Waals surface area contributed by atoms with Crippen LogP contribution in [0.25, 0.3) is 15.9 Å². The number of fused-ring (bicyclic) bond motifs is 3. The van der Waals surface area contributed by atoms with Crippen molar-refractivity contribution in [2.75, 3.05) is 0 Å². The van der Waals surface area contributed by atoms with Crippen LogP contribution in [0.1, 0.15) is 38.1 Å². The van der Waals surface area contributed by atoms with Crippen molar-refractivity contribution in [3.63, 3.8) is 0 Å². The number of hydrogen-bond acceptors (Lipinski definition) is 5. The van der Waals surface area contributed by atoms with Gasteiger partial charge in [-0.3, -0.25) is 9.36 Å². The Morgan fingerprint density at radius 1 is 1.22 bits per heavy atom. The number of aromatic nitrogens is 2. The van der Waals surface area contributed by atoms with E-state index in [-0.39, 0.29) is 11.7 Å². The molecule has 0 spiro atoms. The minimum Gasteiger partial charge on any atom is -0.372 e. The van der Waals surface area contributed by atoms with Gasteiger partial charge in [0.05, 0.1) is 23.8 Å². The molecule has 0 radical (unpaired) electrons. The highest BCUT2D eigenvalue weighted by atomic mass is 32.2. The molecule has 0 fully saturated rings. The van der Waals surface area contributed by atoms with E-state index in [1.807, 2.05) is 30.3 Å². The summed E-state index contributed by atoms with van der Waals surface area (Å²) in [5, 5.41) is 1.88. The molecule has 0 unspecified atom stereocenters. The molecule has 1 aliphatic rings. The molecule has 1 atom stereocenters. The summed E-state index contributed by atoms with van der Waals surface area (Å²) in [5.74, 6) is 0.424. The van der Waals surface area contributed by atoms with E-state index in [1.54, 1.807) is 27.7 Å². The second-order valence-electron chi connectivity index (χ2n) is 7.52. The fourth-order valence-electron chi connectivity index (χ4n) is 3.43. The summed E-state index contributed by atoms with van der Waals surface area (Å²) in [4.78, 5) is 20.5. The lowest BCUT2D eigenvalue weighted by Gasteiger charge is -2.26. The van der Waals surface area contributed by atoms with Crippen molar-refractivity contribution in [2.45, 2.75) is 57.2 Å². The fraction of sp³-hybridized carbons (Fsp3) is 0.429. The maximum Gasteiger partial charge on any atom is 0.267 e. The third-order valence-corrected chi connectivity index (χ3v) is 6.87. The van der Waals surface area contributed by atoms with Gasteiger partial charge in [0, 0.05) is 16.5 Å². The average molecular weight is 401 g/mol. The van der Waals surface area contributed by atoms with Crippen LogP contribution in [0.4, 0.5) is 0 Å². The Morgan fingerprint density at radius 2 is 1.96 bits per heavy atom. The lowest BCUT2D eigenvalue weighted by molar-refractivity contribution is 0.00200. The number of para-hydroxylation sites is 1. The molecule has 3 aromatic rings. The summed E-state index contributed by atoms with van der Waals surface area (Å²) in [6.45, 7) is 9.16. The SMILES string of the molecule is CC(C)Sc1nc2sc3c(c2c(=O)n1-c1ccccc1)C[C@H](C(C)C)OC3. The first-order valence-electron chi connectivity index (χ1n) is 9.36. The fourth-order valence-corrected chi connectivity index (χ4v) is 5.46. The van der Waals surface area contributed by atoms with Crippen molar-refractivity contribution in [2.24, 2.45) is 5.92 Å². The summed E-state index contributed by atoms with van der Waals surface area (Å²) in [7, 11) is 0. The molecule has 142 valence electrons. The molecule has 6 heteroatoms. The minimum absolute atomic E-state index is 0.0382. The van der Waals surface area contributed by atoms with Crippen LogP contribution in [-0.4, -0.2) is 20.9 Å². The van der Waals surface area contributed by atoms with E-state index >= 15 is 0 Å². The Morgan fingerprint density at radius 3 is 2.63 bits per heavy atom. The first-order chi connectivity index (χ1) is 13.0. The predicted molar refractivity (Wildman–Crippen MR) is 113 cm³/mol. The Hall–Kier alpha value is -1.63. The van der Waals surface area contributed by atoms with Crippen LogP contribution < -0.4 is 5.56 Å². The molecule has 3 heterocycles. The Labute approximate surface area is 167 Å². The van der Waals surface area contributed by atoms with E-state index < -0.39 is 0 Å². The van der Waals surface area contributed by atoms with Crippen molar-refractivity contribution in [3.05, 3.63) is 51.1 Å². The average Bonchev–Trinajstić information content (AvgIpc) is 2.99. The normalized spacial score (nSPS) is 17.0. The number of ether oxygens (including phenoxy) is 1. The quantitative estimate of drug-likeness (QED) is 0.454. The van der Waals surface area contributed by atoms with Crippen molar-refractivity contribution < 1.29 is 4.74 Å². The Kier molecular flexibility index (Phi) is 5.14. The number of thiophene rings is 1. The third-order valence-electron chi connectivity index (χ3n) is 4.81. The molecule has 27 heavy (non-hydrogen) atoms. The lowest BCUT2D eigenvalue weighted by atomic mass is 9.96. The van der Waals surface area contributed by atoms with Gasteiger partial charge < -0.3 is 4.74 Å². The van der Waals surface area contributed by atoms with Gasteiger partial charge in [-0.1, -0.05) is 57.7 Å². The van der Waals surface area contributed by atoms with E-state index in [0.717, 1.165) is 37.9 Å². The number of hydrogen-bond donors (Lipinski definition) is 0. The second kappa shape index (κ2) is 7.41. The summed E-state index contributed by atoms with van der Waals surface area (Å²) in [6, 6.07) is 9.83. The zero-order chi connectivity index (χ0) is 19.1. The van der Waals surface area contributed by atoms with Gasteiger partial charge in [0.1, 0.15) is 4.83 Å². The number of benzene rings is 1. The molecule has 1 aliphatic heterocycles. The van der Waals surface area contributed by atoms with Gasteiger partial charge in [0.2, 0.25) is 0 Å². The number of nitrogens with zero attached hydrogens (tertiary/aromatic N) is 2. The highest BCUT2D eigenvalue weighted by molar-refractivity contribution is 7.99. The van der Waals surface area contributed by atoms with Crippen LogP contribution in [-0.2, 0) is 17.8 Å². The zero-order valence-corrected chi connectivity index (χ0v) is 17.7. The van der Waals surface area contributed by atoms with Crippen LogP contribution in [0.3, 0.4) is 0 Å². The highest BCUT2D eigenvalue weighted by Crippen LogP contribution is 2.36. The molecule has 4 nitrogen and oxygen atoms in total. The topological polar surface area (TPSA) is 44.1 Å². The van der Waals surface area contributed by atoms with Gasteiger partial charge >= 0.3 is 0 Å². The summed E-state index contributed by atoms with van der Waals surface area (Å²) in [5.41, 5.74) is 2.05. The largest absolute Gasteiger partial charge is 0.372 e. The Bertz CT molecular complexity index is 1020. The molecule has 2 aromatic heterocycles. The summed E-state index contributed by atoms with van der Waals surface area (Å²) < 4.78 is 7.79. The molecule has 1 aromatic carbocycles. The summed E-state index contributed by atoms with van der Waals surface area (Å²) in [6.07, 6.45) is 0.944. The van der Waals surface area contributed by atoms with E-state index in [4.69, 9.17) is 9.72 Å². The van der Waals surface area contributed by atoms with Crippen LogP contribution in [0.5, 0.6) is 0 Å². The van der Waals surface area contributed by atoms with Gasteiger partial charge in [-0.2, -0.15) is 0 Å². The van der Waals surface area contributed by atoms with Crippen LogP contribution in [0.15, 0.2) is 40.3 Å². The molecule has 0 aliphatic carbocycles. The van der Waals surface area contributed by atoms with Crippen LogP contribution in [0, 0.1) is 5.92 Å². The van der Waals surface area contributed by atoms with Crippen LogP contribution in [0.2, 0.25) is 0 Å². The van der Waals surface area contributed by atoms with Crippen molar-refractivity contribution in [1.82, 2.24) is 9.55 Å². The van der Waals surface area contributed by atoms with Crippen LogP contribution >= 0.6 is 23.1 Å². The van der Waals surface area contributed by atoms with E-state index in [2.05, 4.69) is 27.7 Å². The standard InChI is InChI=1S/C21H24N2O2S2/c1-12(2)16-10-15-17(11-25-16)27-19-18(15)20(24)23(14-8-6-5-7-9-14)21(22-19)26-13(3)4/h5-9,12-13,16H,10-11H2,1-4H3/t16-/m1/s1. The number of thioether (sulfide) groups is 1. The number of rotatable bonds is 4. The van der Waals surface area contributed by atoms with Crippen molar-refractivity contribution >= 4 is 33.3 Å². The van der Waals surface area contributed by atoms with E-state index in [0.29, 0.717) is 17.8 Å². The maximum atomic E-state index is 13.6. The maximum absolute atomic E-state index is 13.6. The molecular formula is C21H24N2O2S2. The third kappa shape index (κ3) is 3.46. The minimum atomic E-state index is 0.0382. The van der Waals surface area contributed by atoms with Gasteiger partial charge in [-0.25, -0.2) is 4.98 Å². The molecule has 4 rings (SSSR count). The zero-order valence-electron chi connectivity index (χ0n) is 16.1. The van der Waals surface area contributed by atoms with Gasteiger partial charge in [0.25, 0.3) is 5.56 Å². The molecule has 0 saturated carbocycles. The van der Waals surface area contributed by atoms with Crippen molar-refractivity contribution in [1.29, 1.82) is 0 Å². The summed E-state index contributed by atoms with van der Waals surface area (Å²) >= 11 is 3.24. The lowest BCUT2D eigenvalue weighted by Crippen LogP contribution is -2.28. The molecule has 0 saturated heterocycles. The molecular weight excluding hydrogens is 376 g/mol. The first kappa shape index (κ1) is 18.7. The van der Waals surface area contributed by atoms with E-state index in [9.17, 15) is 4.79 Å². The van der Waals surface area contributed by atoms with Crippen molar-refractivity contribution in [3.8, 4) is 5.69 Å². The molecule has 0 N–H and O–H groups in total. The van der Waals surface area contributed by atoms with E-state index in [1.165, 1.54) is 0 Å². The van der Waals surface area contributed by atoms with Gasteiger partial charge in [-0.15, -0.1) is 11.3 Å². The first-order valence-corrected chi connectivity index (χ1v) is 11.1. The molecule has 0 bridgehead atoms. The van der Waals surface area contributed by atoms with Gasteiger partial charge in [-0.05, 0) is 23.6 Å².